The van der Waals surface area contributed by atoms with E-state index in [4.69, 9.17) is 16.2 Å². The number of nitrogens with two attached hydrogens (primary N) is 2. The average molecular weight is 261 g/mol. The van der Waals surface area contributed by atoms with Crippen LogP contribution < -0.4 is 11.5 Å². The molecule has 1 aromatic heterocycles. The van der Waals surface area contributed by atoms with E-state index in [1.807, 2.05) is 0 Å². The van der Waals surface area contributed by atoms with Crippen molar-refractivity contribution in [2.24, 2.45) is 0 Å². The van der Waals surface area contributed by atoms with Gasteiger partial charge in [-0.25, -0.2) is 9.18 Å². The summed E-state index contributed by atoms with van der Waals surface area (Å²) in [4.78, 5) is 15.4. The first kappa shape index (κ1) is 12.8. The minimum absolute atomic E-state index is 0.0760. The van der Waals surface area contributed by atoms with E-state index in [1.165, 1.54) is 24.4 Å². The maximum absolute atomic E-state index is 12.9. The van der Waals surface area contributed by atoms with Crippen LogP contribution in [0.2, 0.25) is 0 Å². The number of carbonyl (C=O) groups is 1. The van der Waals surface area contributed by atoms with Gasteiger partial charge in [0.2, 0.25) is 0 Å². The number of nitrogen functional groups attached to an aromatic ring is 2. The van der Waals surface area contributed by atoms with Crippen molar-refractivity contribution in [1.29, 1.82) is 0 Å². The molecule has 0 aliphatic carbocycles. The number of pyridine rings is 1. The number of carbonyl (C=O) groups excluding carboxylic acids is 1. The molecule has 1 aromatic carbocycles. The van der Waals surface area contributed by atoms with E-state index in [1.54, 1.807) is 6.07 Å². The Morgan fingerprint density at radius 1 is 1.26 bits per heavy atom. The predicted octanol–water partition coefficient (Wildman–Crippen LogP) is 1.74. The summed E-state index contributed by atoms with van der Waals surface area (Å²) >= 11 is 0. The topological polar surface area (TPSA) is 91.2 Å². The van der Waals surface area contributed by atoms with E-state index in [0.29, 0.717) is 11.3 Å². The third-order valence-corrected chi connectivity index (χ3v) is 2.43. The molecule has 2 rings (SSSR count). The molecule has 2 aromatic rings. The van der Waals surface area contributed by atoms with Crippen LogP contribution in [0.4, 0.5) is 15.8 Å². The smallest absolute Gasteiger partial charge is 0.340 e. The van der Waals surface area contributed by atoms with Crippen molar-refractivity contribution < 1.29 is 13.9 Å². The number of anilines is 2. The van der Waals surface area contributed by atoms with Crippen molar-refractivity contribution >= 4 is 17.3 Å². The van der Waals surface area contributed by atoms with Crippen molar-refractivity contribution in [3.63, 3.8) is 0 Å². The molecule has 4 N–H and O–H groups in total. The van der Waals surface area contributed by atoms with E-state index < -0.39 is 11.8 Å². The van der Waals surface area contributed by atoms with Gasteiger partial charge in [0.25, 0.3) is 0 Å². The number of hydrogen-bond donors (Lipinski definition) is 2. The fourth-order valence-corrected chi connectivity index (χ4v) is 1.53. The zero-order valence-corrected chi connectivity index (χ0v) is 9.97. The van der Waals surface area contributed by atoms with Crippen LogP contribution in [0.15, 0.2) is 36.7 Å². The van der Waals surface area contributed by atoms with Crippen LogP contribution >= 0.6 is 0 Å². The maximum atomic E-state index is 12.9. The molecule has 0 atom stereocenters. The normalized spacial score (nSPS) is 10.2. The monoisotopic (exact) mass is 261 g/mol. The second-order valence-electron chi connectivity index (χ2n) is 3.93. The summed E-state index contributed by atoms with van der Waals surface area (Å²) in [7, 11) is 0. The van der Waals surface area contributed by atoms with Crippen LogP contribution in [0.25, 0.3) is 0 Å². The van der Waals surface area contributed by atoms with E-state index in [0.717, 1.165) is 6.20 Å². The van der Waals surface area contributed by atoms with E-state index in [9.17, 15) is 9.18 Å². The third-order valence-electron chi connectivity index (χ3n) is 2.43. The van der Waals surface area contributed by atoms with Crippen LogP contribution in [0.5, 0.6) is 0 Å². The Morgan fingerprint density at radius 2 is 2.05 bits per heavy atom. The summed E-state index contributed by atoms with van der Waals surface area (Å²) in [5, 5.41) is 0. The second kappa shape index (κ2) is 5.34. The Balaban J connectivity index is 2.05. The molecule has 0 saturated carbocycles. The lowest BCUT2D eigenvalue weighted by atomic mass is 10.1. The van der Waals surface area contributed by atoms with Gasteiger partial charge in [-0.1, -0.05) is 0 Å². The molecular formula is C13H12FN3O2. The van der Waals surface area contributed by atoms with Crippen molar-refractivity contribution in [1.82, 2.24) is 4.98 Å². The minimum Gasteiger partial charge on any atom is -0.457 e. The molecule has 0 amide bonds. The Kier molecular flexibility index (Phi) is 3.61. The highest BCUT2D eigenvalue weighted by molar-refractivity contribution is 5.95. The molecule has 19 heavy (non-hydrogen) atoms. The predicted molar refractivity (Wildman–Crippen MR) is 68.6 cm³/mol. The molecule has 98 valence electrons. The molecule has 0 radical (unpaired) electrons. The first-order chi connectivity index (χ1) is 9.06. The SMILES string of the molecule is Nc1ccc(C(=O)OCc2cncc(F)c2)c(N)c1. The van der Waals surface area contributed by atoms with Crippen molar-refractivity contribution in [3.8, 4) is 0 Å². The van der Waals surface area contributed by atoms with Crippen LogP contribution in [-0.2, 0) is 11.3 Å². The zero-order chi connectivity index (χ0) is 13.8. The van der Waals surface area contributed by atoms with Crippen molar-refractivity contribution in [2.75, 3.05) is 11.5 Å². The van der Waals surface area contributed by atoms with Gasteiger partial charge in [-0.2, -0.15) is 0 Å². The van der Waals surface area contributed by atoms with Crippen molar-refractivity contribution in [3.05, 3.63) is 53.6 Å². The summed E-state index contributed by atoms with van der Waals surface area (Å²) < 4.78 is 17.9. The van der Waals surface area contributed by atoms with Gasteiger partial charge in [0.15, 0.2) is 0 Å². The number of nitrogens with zero attached hydrogens (tertiary/aromatic N) is 1. The van der Waals surface area contributed by atoms with E-state index in [-0.39, 0.29) is 17.9 Å². The highest BCUT2D eigenvalue weighted by atomic mass is 19.1. The lowest BCUT2D eigenvalue weighted by molar-refractivity contribution is 0.0473. The first-order valence-electron chi connectivity index (χ1n) is 5.48. The summed E-state index contributed by atoms with van der Waals surface area (Å²) in [5.41, 5.74) is 12.6. The lowest BCUT2D eigenvalue weighted by Crippen LogP contribution is -2.09. The highest BCUT2D eigenvalue weighted by Gasteiger charge is 2.11. The van der Waals surface area contributed by atoms with Gasteiger partial charge in [0.05, 0.1) is 11.8 Å². The quantitative estimate of drug-likeness (QED) is 0.648. The van der Waals surface area contributed by atoms with Gasteiger partial charge in [-0.3, -0.25) is 4.98 Å². The number of ether oxygens (including phenoxy) is 1. The summed E-state index contributed by atoms with van der Waals surface area (Å²) in [6.45, 7) is -0.0760. The lowest BCUT2D eigenvalue weighted by Gasteiger charge is -2.07. The average Bonchev–Trinajstić information content (AvgIpc) is 2.36. The molecule has 0 saturated heterocycles. The number of rotatable bonds is 3. The van der Waals surface area contributed by atoms with Gasteiger partial charge in [-0.15, -0.1) is 0 Å². The third kappa shape index (κ3) is 3.19. The zero-order valence-electron chi connectivity index (χ0n) is 9.97. The summed E-state index contributed by atoms with van der Waals surface area (Å²) in [6, 6.07) is 5.75. The number of esters is 1. The van der Waals surface area contributed by atoms with E-state index >= 15 is 0 Å². The maximum Gasteiger partial charge on any atom is 0.340 e. The standard InChI is InChI=1S/C13H12FN3O2/c14-9-3-8(5-17-6-9)7-19-13(18)11-2-1-10(15)4-12(11)16/h1-6H,7,15-16H2. The molecular weight excluding hydrogens is 249 g/mol. The van der Waals surface area contributed by atoms with E-state index in [2.05, 4.69) is 4.98 Å². The number of aromatic nitrogens is 1. The molecule has 0 aliphatic rings. The van der Waals surface area contributed by atoms with Gasteiger partial charge >= 0.3 is 5.97 Å². The molecule has 0 bridgehead atoms. The van der Waals surface area contributed by atoms with Crippen LogP contribution in [-0.4, -0.2) is 11.0 Å². The summed E-state index contributed by atoms with van der Waals surface area (Å²) in [6.07, 6.45) is 2.49. The van der Waals surface area contributed by atoms with Gasteiger partial charge < -0.3 is 16.2 Å². The molecule has 0 aliphatic heterocycles. The van der Waals surface area contributed by atoms with Gasteiger partial charge in [0.1, 0.15) is 12.4 Å². The van der Waals surface area contributed by atoms with Crippen LogP contribution in [0.3, 0.4) is 0 Å². The molecule has 0 spiro atoms. The number of halogens is 1. The molecule has 1 heterocycles. The molecule has 0 fully saturated rings. The minimum atomic E-state index is -0.596. The van der Waals surface area contributed by atoms with Crippen LogP contribution in [0, 0.1) is 5.82 Å². The van der Waals surface area contributed by atoms with Crippen LogP contribution in [0.1, 0.15) is 15.9 Å². The molecule has 5 nitrogen and oxygen atoms in total. The highest BCUT2D eigenvalue weighted by Crippen LogP contribution is 2.17. The Hall–Kier alpha value is -2.63. The molecule has 6 heteroatoms. The Morgan fingerprint density at radius 3 is 2.74 bits per heavy atom. The largest absolute Gasteiger partial charge is 0.457 e. The Labute approximate surface area is 109 Å². The molecule has 0 unspecified atom stereocenters. The summed E-state index contributed by atoms with van der Waals surface area (Å²) in [5.74, 6) is -1.08. The number of hydrogen-bond acceptors (Lipinski definition) is 5. The number of benzene rings is 1. The van der Waals surface area contributed by atoms with Gasteiger partial charge in [0, 0.05) is 23.1 Å². The second-order valence-corrected chi connectivity index (χ2v) is 3.93. The van der Waals surface area contributed by atoms with Crippen molar-refractivity contribution in [2.45, 2.75) is 6.61 Å². The first-order valence-corrected chi connectivity index (χ1v) is 5.48. The van der Waals surface area contributed by atoms with Gasteiger partial charge in [-0.05, 0) is 24.3 Å². The Bertz CT molecular complexity index is 617. The fourth-order valence-electron chi connectivity index (χ4n) is 1.53. The fraction of sp³-hybridized carbons (Fsp3) is 0.0769.